The highest BCUT2D eigenvalue weighted by Gasteiger charge is 2.24. The number of aliphatic hydroxyl groups is 1. The summed E-state index contributed by atoms with van der Waals surface area (Å²) < 4.78 is 0. The molecule has 0 amide bonds. The zero-order valence-electron chi connectivity index (χ0n) is 12.2. The number of nitrogen functional groups attached to an aromatic ring is 1. The number of anilines is 2. The third-order valence-electron chi connectivity index (χ3n) is 3.33. The predicted octanol–water partition coefficient (Wildman–Crippen LogP) is 1.57. The number of hydrogen-bond donors (Lipinski definition) is 3. The Hall–Kier alpha value is -0.790. The summed E-state index contributed by atoms with van der Waals surface area (Å²) in [4.78, 5) is 8.69. The minimum absolute atomic E-state index is 0.395. The smallest absolute Gasteiger partial charge is 0.161 e. The van der Waals surface area contributed by atoms with Gasteiger partial charge in [-0.25, -0.2) is 10.8 Å². The van der Waals surface area contributed by atoms with Gasteiger partial charge in [0.05, 0.1) is 15.6 Å². The lowest BCUT2D eigenvalue weighted by Crippen LogP contribution is -2.50. The average Bonchev–Trinajstić information content (AvgIpc) is 2.38. The van der Waals surface area contributed by atoms with Crippen LogP contribution < -0.4 is 16.2 Å². The molecule has 2 heterocycles. The molecule has 0 aromatic carbocycles. The molecular formula is C13H21Cl2N5O. The maximum absolute atomic E-state index is 9.87. The van der Waals surface area contributed by atoms with Crippen molar-refractivity contribution in [1.82, 2.24) is 9.88 Å². The first-order valence-electron chi connectivity index (χ1n) is 6.82. The van der Waals surface area contributed by atoms with Crippen LogP contribution in [-0.2, 0) is 0 Å². The lowest BCUT2D eigenvalue weighted by atomic mass is 10.1. The van der Waals surface area contributed by atoms with Gasteiger partial charge in [0, 0.05) is 32.7 Å². The molecule has 2 rings (SSSR count). The Balaban J connectivity index is 2.05. The van der Waals surface area contributed by atoms with Crippen LogP contribution in [0, 0.1) is 0 Å². The third kappa shape index (κ3) is 4.34. The van der Waals surface area contributed by atoms with Gasteiger partial charge < -0.3 is 15.4 Å². The van der Waals surface area contributed by atoms with Crippen LogP contribution in [0.3, 0.4) is 0 Å². The Morgan fingerprint density at radius 3 is 2.43 bits per heavy atom. The van der Waals surface area contributed by atoms with Crippen LogP contribution in [0.2, 0.25) is 10.0 Å². The van der Waals surface area contributed by atoms with Crippen molar-refractivity contribution < 1.29 is 5.11 Å². The molecule has 1 aromatic rings. The second-order valence-electron chi connectivity index (χ2n) is 5.84. The minimum Gasteiger partial charge on any atom is -0.389 e. The van der Waals surface area contributed by atoms with E-state index in [1.807, 2.05) is 13.8 Å². The second-order valence-corrected chi connectivity index (χ2v) is 6.66. The molecule has 0 aliphatic carbocycles. The van der Waals surface area contributed by atoms with Gasteiger partial charge in [0.25, 0.3) is 0 Å². The van der Waals surface area contributed by atoms with E-state index in [0.717, 1.165) is 26.2 Å². The maximum atomic E-state index is 9.87. The molecule has 0 radical (unpaired) electrons. The fraction of sp³-hybridized carbons (Fsp3) is 0.615. The van der Waals surface area contributed by atoms with E-state index in [9.17, 15) is 5.11 Å². The molecule has 1 aliphatic heterocycles. The number of β-amino-alcohol motifs (C(OH)–C–C–N with tert-alkyl or cyclic N) is 1. The van der Waals surface area contributed by atoms with Gasteiger partial charge in [-0.15, -0.1) is 0 Å². The molecule has 0 atom stereocenters. The summed E-state index contributed by atoms with van der Waals surface area (Å²) in [6, 6.07) is 1.64. The van der Waals surface area contributed by atoms with Gasteiger partial charge in [-0.3, -0.25) is 4.90 Å². The normalized spacial score (nSPS) is 17.1. The predicted molar refractivity (Wildman–Crippen MR) is 87.0 cm³/mol. The van der Waals surface area contributed by atoms with Crippen molar-refractivity contribution in [3.8, 4) is 0 Å². The van der Waals surface area contributed by atoms with Crippen LogP contribution >= 0.6 is 23.2 Å². The van der Waals surface area contributed by atoms with Crippen LogP contribution in [0.1, 0.15) is 13.8 Å². The molecule has 0 unspecified atom stereocenters. The summed E-state index contributed by atoms with van der Waals surface area (Å²) in [5.41, 5.74) is 1.78. The quantitative estimate of drug-likeness (QED) is 0.573. The number of nitrogens with zero attached hydrogens (tertiary/aromatic N) is 3. The van der Waals surface area contributed by atoms with E-state index in [2.05, 4.69) is 20.2 Å². The molecule has 0 bridgehead atoms. The number of piperazine rings is 1. The van der Waals surface area contributed by atoms with Gasteiger partial charge in [-0.2, -0.15) is 0 Å². The van der Waals surface area contributed by atoms with Crippen LogP contribution in [0.15, 0.2) is 6.07 Å². The maximum Gasteiger partial charge on any atom is 0.161 e. The van der Waals surface area contributed by atoms with E-state index < -0.39 is 5.60 Å². The molecule has 118 valence electrons. The minimum atomic E-state index is -0.686. The van der Waals surface area contributed by atoms with Gasteiger partial charge in [0.15, 0.2) is 5.82 Å². The highest BCUT2D eigenvalue weighted by atomic mass is 35.5. The van der Waals surface area contributed by atoms with Crippen LogP contribution in [-0.4, -0.2) is 53.3 Å². The standard InChI is InChI=1S/C13H21Cl2N5O/c1-13(2,21)8-19-3-5-20(6-4-19)12-10(15)7-9(14)11(17-12)18-16/h7,21H,3-6,8,16H2,1-2H3,(H,17,18). The molecule has 6 nitrogen and oxygen atoms in total. The van der Waals surface area contributed by atoms with Crippen molar-refractivity contribution in [1.29, 1.82) is 0 Å². The van der Waals surface area contributed by atoms with Crippen molar-refractivity contribution >= 4 is 34.8 Å². The molecule has 8 heteroatoms. The Morgan fingerprint density at radius 2 is 1.90 bits per heavy atom. The zero-order chi connectivity index (χ0) is 15.6. The Morgan fingerprint density at radius 1 is 1.29 bits per heavy atom. The fourth-order valence-corrected chi connectivity index (χ4v) is 2.98. The first kappa shape index (κ1) is 16.6. The van der Waals surface area contributed by atoms with Crippen LogP contribution in [0.5, 0.6) is 0 Å². The van der Waals surface area contributed by atoms with E-state index in [-0.39, 0.29) is 0 Å². The van der Waals surface area contributed by atoms with Gasteiger partial charge in [-0.05, 0) is 19.9 Å². The topological polar surface area (TPSA) is 77.7 Å². The number of nitrogens with one attached hydrogen (secondary N) is 1. The Labute approximate surface area is 134 Å². The first-order chi connectivity index (χ1) is 9.80. The van der Waals surface area contributed by atoms with Gasteiger partial charge in [-0.1, -0.05) is 23.2 Å². The van der Waals surface area contributed by atoms with E-state index in [0.29, 0.717) is 28.2 Å². The SMILES string of the molecule is CC(C)(O)CN1CCN(c2nc(NN)c(Cl)cc2Cl)CC1. The van der Waals surface area contributed by atoms with Gasteiger partial charge >= 0.3 is 0 Å². The number of nitrogens with two attached hydrogens (primary N) is 1. The van der Waals surface area contributed by atoms with Gasteiger partial charge in [0.1, 0.15) is 5.82 Å². The molecule has 1 aliphatic rings. The third-order valence-corrected chi connectivity index (χ3v) is 3.90. The number of hydrogen-bond acceptors (Lipinski definition) is 6. The van der Waals surface area contributed by atoms with E-state index >= 15 is 0 Å². The van der Waals surface area contributed by atoms with E-state index in [1.54, 1.807) is 6.07 Å². The number of halogens is 2. The Bertz CT molecular complexity index is 498. The highest BCUT2D eigenvalue weighted by Crippen LogP contribution is 2.31. The molecule has 0 saturated carbocycles. The van der Waals surface area contributed by atoms with E-state index in [4.69, 9.17) is 29.0 Å². The largest absolute Gasteiger partial charge is 0.389 e. The summed E-state index contributed by atoms with van der Waals surface area (Å²) in [6.45, 7) is 7.54. The second kappa shape index (κ2) is 6.54. The lowest BCUT2D eigenvalue weighted by molar-refractivity contribution is 0.0344. The van der Waals surface area contributed by atoms with E-state index in [1.165, 1.54) is 0 Å². The summed E-state index contributed by atoms with van der Waals surface area (Å²) >= 11 is 12.2. The summed E-state index contributed by atoms with van der Waals surface area (Å²) in [6.07, 6.45) is 0. The van der Waals surface area contributed by atoms with Crippen molar-refractivity contribution in [2.75, 3.05) is 43.0 Å². The van der Waals surface area contributed by atoms with Crippen molar-refractivity contribution in [3.05, 3.63) is 16.1 Å². The highest BCUT2D eigenvalue weighted by molar-refractivity contribution is 6.37. The van der Waals surface area contributed by atoms with Crippen LogP contribution in [0.25, 0.3) is 0 Å². The number of rotatable bonds is 4. The number of pyridine rings is 1. The number of aromatic nitrogens is 1. The van der Waals surface area contributed by atoms with Crippen molar-refractivity contribution in [3.63, 3.8) is 0 Å². The molecule has 0 spiro atoms. The Kier molecular flexibility index (Phi) is 5.16. The molecular weight excluding hydrogens is 313 g/mol. The average molecular weight is 334 g/mol. The summed E-state index contributed by atoms with van der Waals surface area (Å²) in [7, 11) is 0. The number of hydrazine groups is 1. The first-order valence-corrected chi connectivity index (χ1v) is 7.58. The van der Waals surface area contributed by atoms with Crippen molar-refractivity contribution in [2.45, 2.75) is 19.4 Å². The lowest BCUT2D eigenvalue weighted by Gasteiger charge is -2.38. The zero-order valence-corrected chi connectivity index (χ0v) is 13.7. The van der Waals surface area contributed by atoms with Crippen LogP contribution in [0.4, 0.5) is 11.6 Å². The molecule has 1 saturated heterocycles. The summed E-state index contributed by atoms with van der Waals surface area (Å²) in [5.74, 6) is 6.49. The molecule has 1 fully saturated rings. The molecule has 4 N–H and O–H groups in total. The molecule has 21 heavy (non-hydrogen) atoms. The van der Waals surface area contributed by atoms with Crippen molar-refractivity contribution in [2.24, 2.45) is 5.84 Å². The fourth-order valence-electron chi connectivity index (χ4n) is 2.44. The molecule has 1 aromatic heterocycles. The monoisotopic (exact) mass is 333 g/mol. The summed E-state index contributed by atoms with van der Waals surface area (Å²) in [5, 5.41) is 10.8. The van der Waals surface area contributed by atoms with Gasteiger partial charge in [0.2, 0.25) is 0 Å².